The Hall–Kier alpha value is -2.15. The molecule has 0 aliphatic carbocycles. The third-order valence-electron chi connectivity index (χ3n) is 2.27. The molecule has 18 heavy (non-hydrogen) atoms. The first-order valence-corrected chi connectivity index (χ1v) is 5.47. The normalized spacial score (nSPS) is 10.7. The third kappa shape index (κ3) is 3.17. The fraction of sp³-hybridized carbons (Fsp3) is 0.364. The fourth-order valence-corrected chi connectivity index (χ4v) is 1.44. The lowest BCUT2D eigenvalue weighted by Gasteiger charge is -1.99. The van der Waals surface area contributed by atoms with E-state index in [-0.39, 0.29) is 5.76 Å². The maximum atomic E-state index is 10.6. The molecule has 0 aromatic carbocycles. The van der Waals surface area contributed by atoms with Gasteiger partial charge in [0.2, 0.25) is 11.7 Å². The number of aryl methyl sites for hydroxylation is 1. The van der Waals surface area contributed by atoms with Gasteiger partial charge in [-0.15, -0.1) is 0 Å². The molecule has 0 aliphatic heterocycles. The highest BCUT2D eigenvalue weighted by Crippen LogP contribution is 2.07. The van der Waals surface area contributed by atoms with Crippen molar-refractivity contribution in [2.24, 2.45) is 0 Å². The Kier molecular flexibility index (Phi) is 3.73. The minimum atomic E-state index is -1.07. The molecule has 96 valence electrons. The van der Waals surface area contributed by atoms with Crippen molar-refractivity contribution in [3.8, 4) is 0 Å². The molecule has 0 amide bonds. The van der Waals surface area contributed by atoms with E-state index in [2.05, 4.69) is 15.5 Å². The zero-order valence-electron chi connectivity index (χ0n) is 9.84. The summed E-state index contributed by atoms with van der Waals surface area (Å²) in [5.41, 5.74) is 0. The first-order valence-electron chi connectivity index (χ1n) is 5.47. The van der Waals surface area contributed by atoms with E-state index >= 15 is 0 Å². The Bertz CT molecular complexity index is 532. The van der Waals surface area contributed by atoms with Crippen molar-refractivity contribution in [2.75, 3.05) is 6.54 Å². The van der Waals surface area contributed by atoms with Gasteiger partial charge < -0.3 is 19.4 Å². The van der Waals surface area contributed by atoms with Crippen LogP contribution in [0.3, 0.4) is 0 Å². The molecule has 0 radical (unpaired) electrons. The summed E-state index contributed by atoms with van der Waals surface area (Å²) in [7, 11) is 0. The van der Waals surface area contributed by atoms with Crippen LogP contribution in [0.25, 0.3) is 0 Å². The predicted molar refractivity (Wildman–Crippen MR) is 60.1 cm³/mol. The van der Waals surface area contributed by atoms with Crippen LogP contribution in [0.15, 0.2) is 21.1 Å². The number of hydrogen-bond acceptors (Lipinski definition) is 6. The van der Waals surface area contributed by atoms with Gasteiger partial charge in [0, 0.05) is 19.9 Å². The molecule has 2 aromatic rings. The monoisotopic (exact) mass is 251 g/mol. The smallest absolute Gasteiger partial charge is 0.371 e. The Morgan fingerprint density at radius 2 is 2.33 bits per heavy atom. The van der Waals surface area contributed by atoms with Crippen LogP contribution in [0.2, 0.25) is 0 Å². The summed E-state index contributed by atoms with van der Waals surface area (Å²) in [6.45, 7) is 2.85. The molecule has 0 aliphatic rings. The average molecular weight is 251 g/mol. The first-order chi connectivity index (χ1) is 8.65. The third-order valence-corrected chi connectivity index (χ3v) is 2.27. The van der Waals surface area contributed by atoms with Crippen molar-refractivity contribution in [3.63, 3.8) is 0 Å². The first kappa shape index (κ1) is 12.3. The van der Waals surface area contributed by atoms with Crippen LogP contribution in [0.5, 0.6) is 0 Å². The van der Waals surface area contributed by atoms with Crippen LogP contribution in [0.1, 0.15) is 28.0 Å². The Morgan fingerprint density at radius 3 is 2.94 bits per heavy atom. The number of hydrogen-bond donors (Lipinski definition) is 2. The van der Waals surface area contributed by atoms with Gasteiger partial charge in [-0.3, -0.25) is 0 Å². The van der Waals surface area contributed by atoms with E-state index in [1.807, 2.05) is 0 Å². The molecule has 2 N–H and O–H groups in total. The van der Waals surface area contributed by atoms with E-state index in [0.717, 1.165) is 0 Å². The quantitative estimate of drug-likeness (QED) is 0.738. The largest absolute Gasteiger partial charge is 0.475 e. The van der Waals surface area contributed by atoms with Crippen molar-refractivity contribution in [2.45, 2.75) is 19.9 Å². The fourth-order valence-electron chi connectivity index (χ4n) is 1.44. The summed E-state index contributed by atoms with van der Waals surface area (Å²) in [5, 5.41) is 15.5. The molecule has 0 saturated heterocycles. The van der Waals surface area contributed by atoms with Crippen molar-refractivity contribution in [3.05, 3.63) is 35.4 Å². The number of aromatic nitrogens is 2. The summed E-state index contributed by atoms with van der Waals surface area (Å²) in [6, 6.07) is 3.07. The second-order valence-corrected chi connectivity index (χ2v) is 3.73. The molecular formula is C11H13N3O4. The van der Waals surface area contributed by atoms with Crippen molar-refractivity contribution < 1.29 is 18.8 Å². The summed E-state index contributed by atoms with van der Waals surface area (Å²) >= 11 is 0. The van der Waals surface area contributed by atoms with Crippen molar-refractivity contribution in [1.29, 1.82) is 0 Å². The van der Waals surface area contributed by atoms with Crippen molar-refractivity contribution in [1.82, 2.24) is 15.5 Å². The van der Waals surface area contributed by atoms with Crippen LogP contribution in [0, 0.1) is 6.92 Å². The summed E-state index contributed by atoms with van der Waals surface area (Å²) in [4.78, 5) is 14.7. The zero-order valence-corrected chi connectivity index (χ0v) is 9.84. The number of furan rings is 1. The molecule has 0 atom stereocenters. The van der Waals surface area contributed by atoms with E-state index in [1.165, 1.54) is 6.07 Å². The van der Waals surface area contributed by atoms with Gasteiger partial charge in [-0.25, -0.2) is 4.79 Å². The summed E-state index contributed by atoms with van der Waals surface area (Å²) in [6.07, 6.45) is 0.643. The van der Waals surface area contributed by atoms with Crippen LogP contribution in [0.4, 0.5) is 0 Å². The van der Waals surface area contributed by atoms with Crippen molar-refractivity contribution >= 4 is 5.97 Å². The van der Waals surface area contributed by atoms with Crippen LogP contribution in [-0.2, 0) is 13.0 Å². The van der Waals surface area contributed by atoms with E-state index in [1.54, 1.807) is 13.0 Å². The van der Waals surface area contributed by atoms with Gasteiger partial charge in [-0.1, -0.05) is 5.16 Å². The van der Waals surface area contributed by atoms with E-state index in [9.17, 15) is 4.79 Å². The number of carbonyl (C=O) groups is 1. The molecule has 2 heterocycles. The Balaban J connectivity index is 1.73. The second kappa shape index (κ2) is 5.46. The van der Waals surface area contributed by atoms with Crippen LogP contribution >= 0.6 is 0 Å². The van der Waals surface area contributed by atoms with Crippen LogP contribution in [-0.4, -0.2) is 27.8 Å². The number of rotatable bonds is 6. The average Bonchev–Trinajstić information content (AvgIpc) is 2.93. The number of nitrogens with one attached hydrogen (secondary N) is 1. The number of aromatic carboxylic acids is 1. The Labute approximate surface area is 103 Å². The van der Waals surface area contributed by atoms with Crippen LogP contribution < -0.4 is 5.32 Å². The topological polar surface area (TPSA) is 101 Å². The van der Waals surface area contributed by atoms with Gasteiger partial charge in [-0.05, 0) is 12.1 Å². The molecular weight excluding hydrogens is 238 g/mol. The molecule has 2 rings (SSSR count). The van der Waals surface area contributed by atoms with Gasteiger partial charge in [0.15, 0.2) is 5.82 Å². The predicted octanol–water partition coefficient (Wildman–Crippen LogP) is 1.00. The lowest BCUT2D eigenvalue weighted by atomic mass is 10.4. The lowest BCUT2D eigenvalue weighted by Crippen LogP contribution is -2.16. The molecule has 7 nitrogen and oxygen atoms in total. The summed E-state index contributed by atoms with van der Waals surface area (Å²) < 4.78 is 9.93. The van der Waals surface area contributed by atoms with Gasteiger partial charge >= 0.3 is 5.97 Å². The number of carboxylic acids is 1. The van der Waals surface area contributed by atoms with Gasteiger partial charge in [-0.2, -0.15) is 4.98 Å². The highest BCUT2D eigenvalue weighted by Gasteiger charge is 2.08. The minimum absolute atomic E-state index is 0.0550. The number of nitrogens with zero attached hydrogens (tertiary/aromatic N) is 2. The lowest BCUT2D eigenvalue weighted by molar-refractivity contribution is 0.0660. The maximum absolute atomic E-state index is 10.6. The molecule has 0 unspecified atom stereocenters. The molecule has 0 spiro atoms. The van der Waals surface area contributed by atoms with E-state index in [4.69, 9.17) is 14.0 Å². The SMILES string of the molecule is Cc1nc(CCNCc2ccc(C(=O)O)o2)no1. The second-order valence-electron chi connectivity index (χ2n) is 3.73. The van der Waals surface area contributed by atoms with E-state index < -0.39 is 5.97 Å². The number of carboxylic acid groups (broad SMARTS) is 1. The van der Waals surface area contributed by atoms with Gasteiger partial charge in [0.1, 0.15) is 5.76 Å². The molecule has 7 heteroatoms. The summed E-state index contributed by atoms with van der Waals surface area (Å²) in [5.74, 6) is 0.647. The Morgan fingerprint density at radius 1 is 1.50 bits per heavy atom. The minimum Gasteiger partial charge on any atom is -0.475 e. The zero-order chi connectivity index (χ0) is 13.0. The van der Waals surface area contributed by atoms with E-state index in [0.29, 0.717) is 37.0 Å². The highest BCUT2D eigenvalue weighted by molar-refractivity contribution is 5.84. The highest BCUT2D eigenvalue weighted by atomic mass is 16.5. The standard InChI is InChI=1S/C11H13N3O4/c1-7-13-10(14-18-7)4-5-12-6-8-2-3-9(17-8)11(15)16/h2-3,12H,4-6H2,1H3,(H,15,16). The molecule has 2 aromatic heterocycles. The maximum Gasteiger partial charge on any atom is 0.371 e. The molecule has 0 fully saturated rings. The van der Waals surface area contributed by atoms with Gasteiger partial charge in [0.25, 0.3) is 0 Å². The molecule has 0 saturated carbocycles. The molecule has 0 bridgehead atoms. The van der Waals surface area contributed by atoms with Gasteiger partial charge in [0.05, 0.1) is 6.54 Å².